The van der Waals surface area contributed by atoms with Gasteiger partial charge in [0.1, 0.15) is 11.4 Å². The number of nitrogens with zero attached hydrogens (tertiary/aromatic N) is 1. The molecule has 0 saturated carbocycles. The summed E-state index contributed by atoms with van der Waals surface area (Å²) in [6.45, 7) is 17.6. The Kier molecular flexibility index (Phi) is 4.46. The monoisotopic (exact) mass is 364 g/mol. The van der Waals surface area contributed by atoms with Crippen LogP contribution in [0.4, 0.5) is 5.69 Å². The number of nitrogens with one attached hydrogen (secondary N) is 1. The molecule has 1 unspecified atom stereocenters. The molecule has 27 heavy (non-hydrogen) atoms. The van der Waals surface area contributed by atoms with Gasteiger partial charge in [-0.05, 0) is 63.8 Å². The van der Waals surface area contributed by atoms with Gasteiger partial charge in [0, 0.05) is 37.4 Å². The van der Waals surface area contributed by atoms with Crippen molar-refractivity contribution in [3.63, 3.8) is 0 Å². The summed E-state index contributed by atoms with van der Waals surface area (Å²) in [6.07, 6.45) is 0. The van der Waals surface area contributed by atoms with Gasteiger partial charge in [0.05, 0.1) is 5.92 Å². The summed E-state index contributed by atoms with van der Waals surface area (Å²) in [7, 11) is 0. The van der Waals surface area contributed by atoms with Gasteiger partial charge in [-0.25, -0.2) is 0 Å². The number of hydrogen-bond acceptors (Lipinski definition) is 3. The first-order valence-electron chi connectivity index (χ1n) is 10.2. The molecule has 2 heterocycles. The molecule has 2 aliphatic heterocycles. The zero-order valence-corrected chi connectivity index (χ0v) is 17.6. The highest BCUT2D eigenvalue weighted by Crippen LogP contribution is 2.54. The minimum absolute atomic E-state index is 0.248. The standard InChI is InChI=1S/C24H32N2O/c1-15-7-9-19(10-8-15)21-20-18(4)22(26-13-11-25-12-14-26)16(2)17(3)23(20)27-24(21,5)6/h7-10,21,25H,11-14H2,1-6H3. The minimum Gasteiger partial charge on any atom is -0.486 e. The molecule has 0 amide bonds. The van der Waals surface area contributed by atoms with E-state index in [-0.39, 0.29) is 11.5 Å². The summed E-state index contributed by atoms with van der Waals surface area (Å²) >= 11 is 0. The molecule has 144 valence electrons. The van der Waals surface area contributed by atoms with Crippen LogP contribution in [0.2, 0.25) is 0 Å². The molecule has 2 aromatic rings. The van der Waals surface area contributed by atoms with Gasteiger partial charge in [-0.2, -0.15) is 0 Å². The zero-order valence-electron chi connectivity index (χ0n) is 17.6. The Morgan fingerprint density at radius 3 is 2.19 bits per heavy atom. The molecule has 0 radical (unpaired) electrons. The van der Waals surface area contributed by atoms with E-state index in [2.05, 4.69) is 76.0 Å². The zero-order chi connectivity index (χ0) is 19.3. The van der Waals surface area contributed by atoms with Gasteiger partial charge < -0.3 is 15.0 Å². The molecule has 1 atom stereocenters. The lowest BCUT2D eigenvalue weighted by atomic mass is 9.78. The topological polar surface area (TPSA) is 24.5 Å². The first-order valence-corrected chi connectivity index (χ1v) is 10.2. The van der Waals surface area contributed by atoms with Crippen LogP contribution in [0.5, 0.6) is 5.75 Å². The summed E-state index contributed by atoms with van der Waals surface area (Å²) in [5.74, 6) is 1.37. The van der Waals surface area contributed by atoms with Gasteiger partial charge in [0.25, 0.3) is 0 Å². The SMILES string of the molecule is Cc1ccc(C2c3c(C)c(N4CCNCC4)c(C)c(C)c3OC2(C)C)cc1. The largest absolute Gasteiger partial charge is 0.486 e. The van der Waals surface area contributed by atoms with Crippen LogP contribution in [0.15, 0.2) is 24.3 Å². The van der Waals surface area contributed by atoms with Gasteiger partial charge >= 0.3 is 0 Å². The Balaban J connectivity index is 1.91. The van der Waals surface area contributed by atoms with Crippen molar-refractivity contribution in [1.82, 2.24) is 5.32 Å². The van der Waals surface area contributed by atoms with Crippen molar-refractivity contribution in [3.8, 4) is 5.75 Å². The molecule has 1 fully saturated rings. The lowest BCUT2D eigenvalue weighted by molar-refractivity contribution is 0.121. The van der Waals surface area contributed by atoms with Crippen molar-refractivity contribution in [3.05, 3.63) is 57.6 Å². The van der Waals surface area contributed by atoms with E-state index in [9.17, 15) is 0 Å². The normalized spacial score (nSPS) is 21.1. The molecule has 0 aliphatic carbocycles. The average Bonchev–Trinajstić information content (AvgIpc) is 2.93. The van der Waals surface area contributed by atoms with Crippen LogP contribution in [-0.2, 0) is 0 Å². The number of hydrogen-bond donors (Lipinski definition) is 1. The summed E-state index contributed by atoms with van der Waals surface area (Å²) in [5.41, 5.74) is 9.27. The second-order valence-corrected chi connectivity index (χ2v) is 8.75. The van der Waals surface area contributed by atoms with E-state index in [0.717, 1.165) is 31.9 Å². The van der Waals surface area contributed by atoms with Crippen LogP contribution in [0.25, 0.3) is 0 Å². The maximum absolute atomic E-state index is 6.60. The number of ether oxygens (including phenoxy) is 1. The Bertz CT molecular complexity index is 861. The van der Waals surface area contributed by atoms with Crippen LogP contribution in [0, 0.1) is 27.7 Å². The minimum atomic E-state index is -0.248. The summed E-state index contributed by atoms with van der Waals surface area (Å²) in [5, 5.41) is 3.48. The number of benzene rings is 2. The highest BCUT2D eigenvalue weighted by molar-refractivity contribution is 5.72. The van der Waals surface area contributed by atoms with Gasteiger partial charge in [-0.15, -0.1) is 0 Å². The maximum atomic E-state index is 6.60. The molecule has 3 nitrogen and oxygen atoms in total. The average molecular weight is 365 g/mol. The van der Waals surface area contributed by atoms with Crippen LogP contribution >= 0.6 is 0 Å². The van der Waals surface area contributed by atoms with Gasteiger partial charge in [-0.1, -0.05) is 29.8 Å². The number of piperazine rings is 1. The van der Waals surface area contributed by atoms with Crippen molar-refractivity contribution in [2.45, 2.75) is 53.1 Å². The fourth-order valence-electron chi connectivity index (χ4n) is 4.97. The summed E-state index contributed by atoms with van der Waals surface area (Å²) in [6, 6.07) is 8.99. The van der Waals surface area contributed by atoms with E-state index < -0.39 is 0 Å². The lowest BCUT2D eigenvalue weighted by Gasteiger charge is -2.34. The molecule has 0 aromatic heterocycles. The third-order valence-corrected chi connectivity index (χ3v) is 6.46. The molecular weight excluding hydrogens is 332 g/mol. The Hall–Kier alpha value is -2.00. The Morgan fingerprint density at radius 2 is 1.56 bits per heavy atom. The number of anilines is 1. The highest BCUT2D eigenvalue weighted by atomic mass is 16.5. The van der Waals surface area contributed by atoms with Crippen LogP contribution in [0.3, 0.4) is 0 Å². The fourth-order valence-corrected chi connectivity index (χ4v) is 4.97. The van der Waals surface area contributed by atoms with Crippen molar-refractivity contribution >= 4 is 5.69 Å². The van der Waals surface area contributed by atoms with Gasteiger partial charge in [0.15, 0.2) is 0 Å². The van der Waals surface area contributed by atoms with Crippen LogP contribution < -0.4 is 15.0 Å². The van der Waals surface area contributed by atoms with Crippen molar-refractivity contribution in [2.24, 2.45) is 0 Å². The predicted octanol–water partition coefficient (Wildman–Crippen LogP) is 4.63. The van der Waals surface area contributed by atoms with E-state index in [0.29, 0.717) is 0 Å². The summed E-state index contributed by atoms with van der Waals surface area (Å²) < 4.78 is 6.60. The second kappa shape index (κ2) is 6.56. The quantitative estimate of drug-likeness (QED) is 0.841. The molecule has 1 saturated heterocycles. The van der Waals surface area contributed by atoms with E-state index in [1.54, 1.807) is 0 Å². The third-order valence-electron chi connectivity index (χ3n) is 6.46. The molecule has 2 aliphatic rings. The molecule has 3 heteroatoms. The smallest absolute Gasteiger partial charge is 0.127 e. The lowest BCUT2D eigenvalue weighted by Crippen LogP contribution is -2.44. The molecule has 1 N–H and O–H groups in total. The number of fused-ring (bicyclic) bond motifs is 1. The van der Waals surface area contributed by atoms with Crippen molar-refractivity contribution < 1.29 is 4.74 Å². The third kappa shape index (κ3) is 2.93. The van der Waals surface area contributed by atoms with E-state index in [1.165, 1.54) is 39.1 Å². The first-order chi connectivity index (χ1) is 12.8. The van der Waals surface area contributed by atoms with Gasteiger partial charge in [0.2, 0.25) is 0 Å². The van der Waals surface area contributed by atoms with Crippen molar-refractivity contribution in [2.75, 3.05) is 31.1 Å². The van der Waals surface area contributed by atoms with Crippen molar-refractivity contribution in [1.29, 1.82) is 0 Å². The summed E-state index contributed by atoms with van der Waals surface area (Å²) in [4.78, 5) is 2.56. The molecule has 0 spiro atoms. The molecule has 2 aromatic carbocycles. The Labute approximate surface area is 163 Å². The fraction of sp³-hybridized carbons (Fsp3) is 0.500. The highest BCUT2D eigenvalue weighted by Gasteiger charge is 2.45. The molecular formula is C24H32N2O. The first kappa shape index (κ1) is 18.4. The number of aryl methyl sites for hydroxylation is 1. The second-order valence-electron chi connectivity index (χ2n) is 8.75. The van der Waals surface area contributed by atoms with Crippen LogP contribution in [0.1, 0.15) is 53.1 Å². The molecule has 4 rings (SSSR count). The molecule has 0 bridgehead atoms. The van der Waals surface area contributed by atoms with E-state index in [1.807, 2.05) is 0 Å². The Morgan fingerprint density at radius 1 is 0.926 bits per heavy atom. The van der Waals surface area contributed by atoms with E-state index >= 15 is 0 Å². The van der Waals surface area contributed by atoms with Gasteiger partial charge in [-0.3, -0.25) is 0 Å². The maximum Gasteiger partial charge on any atom is 0.127 e. The van der Waals surface area contributed by atoms with Crippen LogP contribution in [-0.4, -0.2) is 31.8 Å². The van der Waals surface area contributed by atoms with E-state index in [4.69, 9.17) is 4.74 Å². The number of rotatable bonds is 2. The predicted molar refractivity (Wildman–Crippen MR) is 113 cm³/mol.